The zero-order valence-corrected chi connectivity index (χ0v) is 9.03. The molecule has 0 radical (unpaired) electrons. The molecule has 0 atom stereocenters. The van der Waals surface area contributed by atoms with Crippen LogP contribution in [0.25, 0.3) is 5.57 Å². The number of hydrogen-bond acceptors (Lipinski definition) is 0. The summed E-state index contributed by atoms with van der Waals surface area (Å²) in [5.41, 5.74) is 2.28. The molecule has 1 aromatic rings. The minimum atomic E-state index is 0. The molecule has 0 unspecified atom stereocenters. The monoisotopic (exact) mass is 202 g/mol. The van der Waals surface area contributed by atoms with Crippen molar-refractivity contribution >= 4 is 5.57 Å². The van der Waals surface area contributed by atoms with Gasteiger partial charge in [0.25, 0.3) is 0 Å². The molecule has 0 bridgehead atoms. The Morgan fingerprint density at radius 3 is 2.00 bits per heavy atom. The molecule has 0 saturated carbocycles. The summed E-state index contributed by atoms with van der Waals surface area (Å²) in [6.45, 7) is 11.4. The normalized spacial score (nSPS) is 9.07. The lowest BCUT2D eigenvalue weighted by atomic mass is 10.1. The lowest BCUT2D eigenvalue weighted by molar-refractivity contribution is 1.50. The molecule has 0 aliphatic carbocycles. The van der Waals surface area contributed by atoms with E-state index in [1.807, 2.05) is 44.2 Å². The van der Waals surface area contributed by atoms with E-state index in [0.29, 0.717) is 0 Å². The van der Waals surface area contributed by atoms with Crippen LogP contribution in [0.15, 0.2) is 61.7 Å². The van der Waals surface area contributed by atoms with Crippen LogP contribution in [0.1, 0.15) is 26.8 Å². The summed E-state index contributed by atoms with van der Waals surface area (Å²) in [5.74, 6) is 0. The summed E-state index contributed by atoms with van der Waals surface area (Å²) in [6.07, 6.45) is 5.54. The molecule has 0 saturated heterocycles. The Morgan fingerprint density at radius 1 is 1.07 bits per heavy atom. The molecule has 0 spiro atoms. The lowest BCUT2D eigenvalue weighted by Crippen LogP contribution is -1.77. The summed E-state index contributed by atoms with van der Waals surface area (Å²) < 4.78 is 0. The Morgan fingerprint density at radius 2 is 1.60 bits per heavy atom. The Hall–Kier alpha value is -1.56. The highest BCUT2D eigenvalue weighted by molar-refractivity contribution is 5.74. The van der Waals surface area contributed by atoms with Gasteiger partial charge in [-0.2, -0.15) is 0 Å². The van der Waals surface area contributed by atoms with E-state index in [4.69, 9.17) is 0 Å². The van der Waals surface area contributed by atoms with Gasteiger partial charge in [0.05, 0.1) is 0 Å². The van der Waals surface area contributed by atoms with E-state index in [1.165, 1.54) is 5.56 Å². The van der Waals surface area contributed by atoms with Crippen LogP contribution in [-0.4, -0.2) is 0 Å². The summed E-state index contributed by atoms with van der Waals surface area (Å²) >= 11 is 0. The molecule has 0 N–H and O–H groups in total. The van der Waals surface area contributed by atoms with Crippen molar-refractivity contribution in [3.8, 4) is 0 Å². The van der Waals surface area contributed by atoms with E-state index in [2.05, 4.69) is 25.3 Å². The van der Waals surface area contributed by atoms with Crippen molar-refractivity contribution in [3.63, 3.8) is 0 Å². The molecule has 0 aliphatic rings. The highest BCUT2D eigenvalue weighted by Gasteiger charge is 1.92. The average molecular weight is 202 g/mol. The first-order valence-corrected chi connectivity index (χ1v) is 4.89. The zero-order chi connectivity index (χ0) is 10.8. The molecule has 0 aromatic heterocycles. The SMILES string of the molecule is C.C=C/C=C(\C=C)c1ccccc1.CC. The maximum Gasteiger partial charge on any atom is -0.0184 e. The van der Waals surface area contributed by atoms with Gasteiger partial charge in [0.1, 0.15) is 0 Å². The van der Waals surface area contributed by atoms with Gasteiger partial charge in [-0.1, -0.05) is 83.0 Å². The van der Waals surface area contributed by atoms with Crippen LogP contribution in [0.5, 0.6) is 0 Å². The number of rotatable bonds is 3. The Kier molecular flexibility index (Phi) is 11.1. The number of benzene rings is 1. The summed E-state index contributed by atoms with van der Waals surface area (Å²) in [6, 6.07) is 10.1. The number of hydrogen-bond donors (Lipinski definition) is 0. The van der Waals surface area contributed by atoms with Crippen LogP contribution in [0, 0.1) is 0 Å². The summed E-state index contributed by atoms with van der Waals surface area (Å²) in [7, 11) is 0. The van der Waals surface area contributed by atoms with E-state index in [9.17, 15) is 0 Å². The second-order valence-electron chi connectivity index (χ2n) is 2.43. The fourth-order valence-electron chi connectivity index (χ4n) is 1.04. The number of allylic oxidation sites excluding steroid dienone is 4. The third kappa shape index (κ3) is 5.69. The van der Waals surface area contributed by atoms with Gasteiger partial charge in [-0.3, -0.25) is 0 Å². The van der Waals surface area contributed by atoms with E-state index in [1.54, 1.807) is 6.08 Å². The summed E-state index contributed by atoms with van der Waals surface area (Å²) in [4.78, 5) is 0. The molecule has 0 fully saturated rings. The molecule has 1 rings (SSSR count). The molecule has 0 heteroatoms. The van der Waals surface area contributed by atoms with Crippen molar-refractivity contribution < 1.29 is 0 Å². The predicted molar refractivity (Wildman–Crippen MR) is 72.9 cm³/mol. The van der Waals surface area contributed by atoms with Gasteiger partial charge >= 0.3 is 0 Å². The van der Waals surface area contributed by atoms with Crippen molar-refractivity contribution in [2.24, 2.45) is 0 Å². The Labute approximate surface area is 94.7 Å². The quantitative estimate of drug-likeness (QED) is 0.598. The van der Waals surface area contributed by atoms with Crippen LogP contribution >= 0.6 is 0 Å². The largest absolute Gasteiger partial charge is 0.0990 e. The van der Waals surface area contributed by atoms with Gasteiger partial charge in [-0.05, 0) is 11.1 Å². The van der Waals surface area contributed by atoms with Crippen LogP contribution in [0.3, 0.4) is 0 Å². The van der Waals surface area contributed by atoms with Gasteiger partial charge in [-0.25, -0.2) is 0 Å². The predicted octanol–water partition coefficient (Wildman–Crippen LogP) is 5.10. The first kappa shape index (κ1) is 15.9. The van der Waals surface area contributed by atoms with Gasteiger partial charge in [0, 0.05) is 0 Å². The molecule has 1 aromatic carbocycles. The highest BCUT2D eigenvalue weighted by Crippen LogP contribution is 2.14. The average Bonchev–Trinajstić information content (AvgIpc) is 2.30. The van der Waals surface area contributed by atoms with Gasteiger partial charge < -0.3 is 0 Å². The van der Waals surface area contributed by atoms with Gasteiger partial charge in [0.2, 0.25) is 0 Å². The van der Waals surface area contributed by atoms with Crippen molar-refractivity contribution in [2.75, 3.05) is 0 Å². The van der Waals surface area contributed by atoms with Crippen molar-refractivity contribution in [2.45, 2.75) is 21.3 Å². The Balaban J connectivity index is 0. The minimum Gasteiger partial charge on any atom is -0.0990 e. The van der Waals surface area contributed by atoms with Crippen LogP contribution < -0.4 is 0 Å². The second-order valence-corrected chi connectivity index (χ2v) is 2.43. The van der Waals surface area contributed by atoms with Crippen LogP contribution in [0.2, 0.25) is 0 Å². The van der Waals surface area contributed by atoms with Crippen molar-refractivity contribution in [1.29, 1.82) is 0 Å². The maximum absolute atomic E-state index is 3.74. The molecule has 0 heterocycles. The van der Waals surface area contributed by atoms with E-state index >= 15 is 0 Å². The molecular weight excluding hydrogens is 180 g/mol. The third-order valence-corrected chi connectivity index (χ3v) is 1.62. The molecule has 0 aliphatic heterocycles. The maximum atomic E-state index is 3.74. The topological polar surface area (TPSA) is 0 Å². The van der Waals surface area contributed by atoms with Gasteiger partial charge in [0.15, 0.2) is 0 Å². The Bertz CT molecular complexity index is 291. The fraction of sp³-hybridized carbons (Fsp3) is 0.200. The first-order valence-electron chi connectivity index (χ1n) is 4.89. The van der Waals surface area contributed by atoms with E-state index < -0.39 is 0 Å². The second kappa shape index (κ2) is 10.5. The van der Waals surface area contributed by atoms with Crippen LogP contribution in [-0.2, 0) is 0 Å². The van der Waals surface area contributed by atoms with Crippen LogP contribution in [0.4, 0.5) is 0 Å². The third-order valence-electron chi connectivity index (χ3n) is 1.62. The summed E-state index contributed by atoms with van der Waals surface area (Å²) in [5, 5.41) is 0. The smallest absolute Gasteiger partial charge is 0.0184 e. The van der Waals surface area contributed by atoms with Crippen molar-refractivity contribution in [3.05, 3.63) is 67.3 Å². The molecule has 0 amide bonds. The zero-order valence-electron chi connectivity index (χ0n) is 9.03. The molecule has 0 nitrogen and oxygen atoms in total. The fourth-order valence-corrected chi connectivity index (χ4v) is 1.04. The van der Waals surface area contributed by atoms with E-state index in [0.717, 1.165) is 5.57 Å². The standard InChI is InChI=1S/C12H12.C2H6.CH4/c1-3-8-11(4-2)12-9-6-5-7-10-12;1-2;/h3-10H,1-2H2;1-2H3;1H4/b11-8+;;. The molecule has 82 valence electrons. The molecular formula is C15H22. The lowest BCUT2D eigenvalue weighted by Gasteiger charge is -1.99. The minimum absolute atomic E-state index is 0. The first-order chi connectivity index (χ1) is 6.88. The van der Waals surface area contributed by atoms with E-state index in [-0.39, 0.29) is 7.43 Å². The van der Waals surface area contributed by atoms with Crippen molar-refractivity contribution in [1.82, 2.24) is 0 Å². The van der Waals surface area contributed by atoms with Gasteiger partial charge in [-0.15, -0.1) is 0 Å². The molecule has 15 heavy (non-hydrogen) atoms. The highest BCUT2D eigenvalue weighted by atomic mass is 14.0.